The zero-order valence-corrected chi connectivity index (χ0v) is 9.63. The zero-order valence-electron chi connectivity index (χ0n) is 4.82. The minimum absolute atomic E-state index is 0. The average Bonchev–Trinajstić information content (AvgIpc) is 0.811. The third-order valence-electron chi connectivity index (χ3n) is 0. The molecule has 0 aromatic carbocycles. The van der Waals surface area contributed by atoms with Crippen LogP contribution in [-0.2, 0) is 10.8 Å². The Balaban J connectivity index is -0.0000000450. The van der Waals surface area contributed by atoms with Crippen LogP contribution < -0.4 is 0 Å². The third-order valence-corrected chi connectivity index (χ3v) is 0. The van der Waals surface area contributed by atoms with Gasteiger partial charge in [-0.05, 0) is 0 Å². The smallest absolute Gasteiger partial charge is 0.0148 e. The Morgan fingerprint density at radius 3 is 1.17 bits per heavy atom. The molecular formula is C2H6Na2OS. The van der Waals surface area contributed by atoms with Crippen molar-refractivity contribution < 1.29 is 4.21 Å². The first-order valence-corrected chi connectivity index (χ1v) is 2.95. The second-order valence-corrected chi connectivity index (χ2v) is 2.22. The fourth-order valence-electron chi connectivity index (χ4n) is 0. The van der Waals surface area contributed by atoms with Gasteiger partial charge in [-0.3, -0.25) is 4.21 Å². The molecule has 0 aliphatic rings. The van der Waals surface area contributed by atoms with Gasteiger partial charge in [-0.2, -0.15) is 0 Å². The monoisotopic (exact) mass is 124 g/mol. The van der Waals surface area contributed by atoms with Crippen LogP contribution in [-0.4, -0.2) is 75.8 Å². The van der Waals surface area contributed by atoms with Gasteiger partial charge in [0.15, 0.2) is 0 Å². The number of hydrogen-bond acceptors (Lipinski definition) is 1. The van der Waals surface area contributed by atoms with Gasteiger partial charge in [0, 0.05) is 82.4 Å². The zero-order chi connectivity index (χ0) is 3.58. The maximum atomic E-state index is 9.56. The first kappa shape index (κ1) is 15.7. The van der Waals surface area contributed by atoms with E-state index in [-0.39, 0.29) is 59.1 Å². The minimum atomic E-state index is -0.611. The second kappa shape index (κ2) is 10.2. The van der Waals surface area contributed by atoms with Crippen LogP contribution in [0.25, 0.3) is 0 Å². The van der Waals surface area contributed by atoms with Crippen LogP contribution in [0.2, 0.25) is 0 Å². The van der Waals surface area contributed by atoms with Gasteiger partial charge in [-0.25, -0.2) is 0 Å². The quantitative estimate of drug-likeness (QED) is 0.388. The molecule has 0 rings (SSSR count). The van der Waals surface area contributed by atoms with Gasteiger partial charge in [-0.1, -0.05) is 0 Å². The van der Waals surface area contributed by atoms with Crippen molar-refractivity contribution in [3.05, 3.63) is 0 Å². The van der Waals surface area contributed by atoms with E-state index < -0.39 is 10.8 Å². The van der Waals surface area contributed by atoms with Crippen molar-refractivity contribution >= 4 is 69.9 Å². The standard InChI is InChI=1S/C2H6OS.2Na/c1-4(2)3;;/h1-2H3;;. The summed E-state index contributed by atoms with van der Waals surface area (Å²) in [7, 11) is -0.611. The van der Waals surface area contributed by atoms with E-state index in [2.05, 4.69) is 0 Å². The molecule has 0 aromatic rings. The normalized spacial score (nSPS) is 5.83. The molecule has 2 radical (unpaired) electrons. The minimum Gasteiger partial charge on any atom is -0.260 e. The molecule has 28 valence electrons. The van der Waals surface area contributed by atoms with Gasteiger partial charge in [-0.15, -0.1) is 0 Å². The number of hydrogen-bond donors (Lipinski definition) is 0. The first-order valence-electron chi connectivity index (χ1n) is 0.983. The van der Waals surface area contributed by atoms with Crippen LogP contribution in [0, 0.1) is 0 Å². The van der Waals surface area contributed by atoms with E-state index in [0.717, 1.165) is 0 Å². The summed E-state index contributed by atoms with van der Waals surface area (Å²) >= 11 is 0. The van der Waals surface area contributed by atoms with Crippen molar-refractivity contribution in [2.45, 2.75) is 0 Å². The van der Waals surface area contributed by atoms with Crippen molar-refractivity contribution in [1.29, 1.82) is 0 Å². The molecular weight excluding hydrogens is 118 g/mol. The van der Waals surface area contributed by atoms with E-state index in [4.69, 9.17) is 0 Å². The fourth-order valence-corrected chi connectivity index (χ4v) is 0. The van der Waals surface area contributed by atoms with Crippen molar-refractivity contribution in [2.75, 3.05) is 12.5 Å². The van der Waals surface area contributed by atoms with E-state index >= 15 is 0 Å². The van der Waals surface area contributed by atoms with Crippen LogP contribution in [0.1, 0.15) is 0 Å². The summed E-state index contributed by atoms with van der Waals surface area (Å²) in [5, 5.41) is 0. The summed E-state index contributed by atoms with van der Waals surface area (Å²) in [5.74, 6) is 0. The molecule has 0 fully saturated rings. The van der Waals surface area contributed by atoms with E-state index in [1.807, 2.05) is 0 Å². The van der Waals surface area contributed by atoms with Gasteiger partial charge in [0.2, 0.25) is 0 Å². The summed E-state index contributed by atoms with van der Waals surface area (Å²) in [6.07, 6.45) is 3.28. The Morgan fingerprint density at radius 2 is 1.17 bits per heavy atom. The molecule has 0 heterocycles. The summed E-state index contributed by atoms with van der Waals surface area (Å²) < 4.78 is 9.56. The van der Waals surface area contributed by atoms with Crippen LogP contribution in [0.4, 0.5) is 0 Å². The number of rotatable bonds is 0. The Bertz CT molecular complexity index is 34.5. The van der Waals surface area contributed by atoms with Crippen molar-refractivity contribution in [3.63, 3.8) is 0 Å². The predicted molar refractivity (Wildman–Crippen MR) is 31.5 cm³/mol. The van der Waals surface area contributed by atoms with E-state index in [9.17, 15) is 4.21 Å². The molecule has 0 saturated heterocycles. The summed E-state index contributed by atoms with van der Waals surface area (Å²) in [5.41, 5.74) is 0. The van der Waals surface area contributed by atoms with Gasteiger partial charge >= 0.3 is 0 Å². The van der Waals surface area contributed by atoms with Crippen LogP contribution >= 0.6 is 0 Å². The van der Waals surface area contributed by atoms with Gasteiger partial charge in [0.1, 0.15) is 0 Å². The SMILES string of the molecule is CS(C)=O.[Na].[Na]. The van der Waals surface area contributed by atoms with Gasteiger partial charge < -0.3 is 0 Å². The molecule has 0 amide bonds. The molecule has 0 aliphatic carbocycles. The van der Waals surface area contributed by atoms with Crippen LogP contribution in [0.3, 0.4) is 0 Å². The van der Waals surface area contributed by atoms with Gasteiger partial charge in [0.05, 0.1) is 0 Å². The molecule has 4 heteroatoms. The Labute approximate surface area is 85.3 Å². The Kier molecular flexibility index (Phi) is 26.7. The molecule has 6 heavy (non-hydrogen) atoms. The van der Waals surface area contributed by atoms with E-state index in [0.29, 0.717) is 0 Å². The molecule has 0 aliphatic heterocycles. The molecule has 1 nitrogen and oxygen atoms in total. The molecule has 0 bridgehead atoms. The molecule has 0 spiro atoms. The third kappa shape index (κ3) is 35.3. The second-order valence-electron chi connectivity index (χ2n) is 0.742. The molecule has 0 unspecified atom stereocenters. The first-order chi connectivity index (χ1) is 1.73. The Hall–Kier alpha value is 2.15. The molecule has 0 aromatic heterocycles. The fraction of sp³-hybridized carbons (Fsp3) is 1.00. The van der Waals surface area contributed by atoms with Crippen molar-refractivity contribution in [2.24, 2.45) is 0 Å². The predicted octanol–water partition coefficient (Wildman–Crippen LogP) is -0.767. The van der Waals surface area contributed by atoms with Gasteiger partial charge in [0.25, 0.3) is 0 Å². The topological polar surface area (TPSA) is 17.1 Å². The maximum Gasteiger partial charge on any atom is 0.0148 e. The van der Waals surface area contributed by atoms with E-state index in [1.165, 1.54) is 0 Å². The average molecular weight is 124 g/mol. The summed E-state index contributed by atoms with van der Waals surface area (Å²) in [6.45, 7) is 0. The maximum absolute atomic E-state index is 9.56. The van der Waals surface area contributed by atoms with E-state index in [1.54, 1.807) is 12.5 Å². The molecule has 0 atom stereocenters. The Morgan fingerprint density at radius 1 is 1.17 bits per heavy atom. The van der Waals surface area contributed by atoms with Crippen LogP contribution in [0.15, 0.2) is 0 Å². The summed E-state index contributed by atoms with van der Waals surface area (Å²) in [4.78, 5) is 0. The van der Waals surface area contributed by atoms with Crippen molar-refractivity contribution in [3.8, 4) is 0 Å². The largest absolute Gasteiger partial charge is 0.260 e. The molecule has 0 N–H and O–H groups in total. The van der Waals surface area contributed by atoms with Crippen LogP contribution in [0.5, 0.6) is 0 Å². The molecule has 0 saturated carbocycles. The summed E-state index contributed by atoms with van der Waals surface area (Å²) in [6, 6.07) is 0. The van der Waals surface area contributed by atoms with Crippen molar-refractivity contribution in [1.82, 2.24) is 0 Å².